The van der Waals surface area contributed by atoms with Crippen molar-refractivity contribution >= 4 is 34.8 Å². The highest BCUT2D eigenvalue weighted by Crippen LogP contribution is 2.55. The summed E-state index contributed by atoms with van der Waals surface area (Å²) in [6.07, 6.45) is 5.29. The van der Waals surface area contributed by atoms with Gasteiger partial charge in [0, 0.05) is 5.88 Å². The number of rotatable bonds is 6. The number of alkyl halides is 1. The number of halogens is 1. The molecular formula is C22H21ClP+. The molecule has 0 heterocycles. The summed E-state index contributed by atoms with van der Waals surface area (Å²) >= 11 is 5.89. The molecule has 2 heteroatoms. The number of hydrogen-bond donors (Lipinski definition) is 0. The summed E-state index contributed by atoms with van der Waals surface area (Å²) in [4.78, 5) is 0. The van der Waals surface area contributed by atoms with Gasteiger partial charge in [0.1, 0.15) is 23.2 Å². The van der Waals surface area contributed by atoms with Crippen LogP contribution in [0.1, 0.15) is 0 Å². The van der Waals surface area contributed by atoms with E-state index >= 15 is 0 Å². The van der Waals surface area contributed by atoms with E-state index in [2.05, 4.69) is 103 Å². The lowest BCUT2D eigenvalue weighted by molar-refractivity contribution is 1.61. The Morgan fingerprint density at radius 2 is 0.958 bits per heavy atom. The Morgan fingerprint density at radius 3 is 1.29 bits per heavy atom. The normalized spacial score (nSPS) is 11.7. The van der Waals surface area contributed by atoms with E-state index in [1.165, 1.54) is 15.9 Å². The van der Waals surface area contributed by atoms with Crippen LogP contribution in [0.25, 0.3) is 0 Å². The minimum atomic E-state index is -1.73. The summed E-state index contributed by atoms with van der Waals surface area (Å²) in [6, 6.07) is 32.7. The maximum Gasteiger partial charge on any atom is 0.115 e. The Morgan fingerprint density at radius 1 is 0.583 bits per heavy atom. The summed E-state index contributed by atoms with van der Waals surface area (Å²) in [7, 11) is -1.73. The van der Waals surface area contributed by atoms with Crippen LogP contribution in [0.3, 0.4) is 0 Å². The third-order valence-electron chi connectivity index (χ3n) is 4.23. The highest BCUT2D eigenvalue weighted by molar-refractivity contribution is 7.95. The molecule has 0 spiro atoms. The van der Waals surface area contributed by atoms with Crippen molar-refractivity contribution in [2.45, 2.75) is 0 Å². The lowest BCUT2D eigenvalue weighted by Crippen LogP contribution is -2.32. The minimum Gasteiger partial charge on any atom is -0.122 e. The highest BCUT2D eigenvalue weighted by Gasteiger charge is 2.43. The van der Waals surface area contributed by atoms with Gasteiger partial charge < -0.3 is 0 Å². The maximum atomic E-state index is 5.89. The van der Waals surface area contributed by atoms with E-state index in [0.29, 0.717) is 5.88 Å². The van der Waals surface area contributed by atoms with Crippen LogP contribution in [-0.4, -0.2) is 12.0 Å². The van der Waals surface area contributed by atoms with E-state index in [4.69, 9.17) is 11.6 Å². The number of hydrogen-bond acceptors (Lipinski definition) is 0. The quantitative estimate of drug-likeness (QED) is 0.341. The third kappa shape index (κ3) is 3.46. The smallest absolute Gasteiger partial charge is 0.115 e. The standard InChI is InChI=1S/C22H21ClP/c23-18-10-11-19-24(20-12-4-1-5-13-20,21-14-6-2-7-15-21)22-16-8-3-9-17-22/h1-17H,18-19H2/q+1. The van der Waals surface area contributed by atoms with Crippen LogP contribution in [0, 0.1) is 0 Å². The Kier molecular flexibility index (Phi) is 5.86. The van der Waals surface area contributed by atoms with Crippen LogP contribution in [0.15, 0.2) is 103 Å². The molecule has 0 radical (unpaired) electrons. The third-order valence-corrected chi connectivity index (χ3v) is 8.70. The van der Waals surface area contributed by atoms with Crippen LogP contribution in [0.4, 0.5) is 0 Å². The first-order chi connectivity index (χ1) is 11.9. The maximum absolute atomic E-state index is 5.89. The second kappa shape index (κ2) is 8.29. The summed E-state index contributed by atoms with van der Waals surface area (Å²) in [6.45, 7) is 0. The minimum absolute atomic E-state index is 0.554. The first-order valence-electron chi connectivity index (χ1n) is 8.14. The summed E-state index contributed by atoms with van der Waals surface area (Å²) in [5.41, 5.74) is 0. The molecule has 0 aromatic heterocycles. The zero-order valence-electron chi connectivity index (χ0n) is 13.6. The van der Waals surface area contributed by atoms with E-state index < -0.39 is 7.26 Å². The average molecular weight is 352 g/mol. The fourth-order valence-corrected chi connectivity index (χ4v) is 7.27. The molecule has 0 amide bonds. The van der Waals surface area contributed by atoms with Crippen LogP contribution >= 0.6 is 18.9 Å². The molecule has 0 bridgehead atoms. The van der Waals surface area contributed by atoms with E-state index in [-0.39, 0.29) is 0 Å². The summed E-state index contributed by atoms with van der Waals surface area (Å²) in [5.74, 6) is 0.554. The van der Waals surface area contributed by atoms with Crippen LogP contribution in [-0.2, 0) is 0 Å². The molecule has 3 aromatic carbocycles. The summed E-state index contributed by atoms with van der Waals surface area (Å²) in [5, 5.41) is 4.21. The van der Waals surface area contributed by atoms with E-state index in [1.807, 2.05) is 0 Å². The van der Waals surface area contributed by atoms with Crippen LogP contribution in [0.2, 0.25) is 0 Å². The van der Waals surface area contributed by atoms with Crippen molar-refractivity contribution in [3.63, 3.8) is 0 Å². The molecule has 120 valence electrons. The highest BCUT2D eigenvalue weighted by atomic mass is 35.5. The zero-order chi connectivity index (χ0) is 16.7. The van der Waals surface area contributed by atoms with Gasteiger partial charge in [0.05, 0.1) is 6.16 Å². The first-order valence-corrected chi connectivity index (χ1v) is 10.6. The molecule has 3 aromatic rings. The average Bonchev–Trinajstić information content (AvgIpc) is 2.68. The Bertz CT molecular complexity index is 670. The molecule has 0 saturated carbocycles. The van der Waals surface area contributed by atoms with Gasteiger partial charge in [0.15, 0.2) is 0 Å². The SMILES string of the molecule is ClCC=CC[P+](c1ccccc1)(c1ccccc1)c1ccccc1. The molecule has 0 aliphatic carbocycles. The van der Waals surface area contributed by atoms with Crippen molar-refractivity contribution in [2.24, 2.45) is 0 Å². The Hall–Kier alpha value is -1.88. The Labute approximate surface area is 150 Å². The fraction of sp³-hybridized carbons (Fsp3) is 0.0909. The molecule has 24 heavy (non-hydrogen) atoms. The predicted octanol–water partition coefficient (Wildman–Crippen LogP) is 4.78. The van der Waals surface area contributed by atoms with Crippen molar-refractivity contribution < 1.29 is 0 Å². The van der Waals surface area contributed by atoms with Crippen molar-refractivity contribution in [1.29, 1.82) is 0 Å². The second-order valence-corrected chi connectivity index (χ2v) is 9.47. The topological polar surface area (TPSA) is 0 Å². The van der Waals surface area contributed by atoms with Gasteiger partial charge >= 0.3 is 0 Å². The van der Waals surface area contributed by atoms with Gasteiger partial charge in [-0.05, 0) is 42.5 Å². The molecule has 0 N–H and O–H groups in total. The van der Waals surface area contributed by atoms with Crippen molar-refractivity contribution in [3.8, 4) is 0 Å². The van der Waals surface area contributed by atoms with Crippen LogP contribution in [0.5, 0.6) is 0 Å². The van der Waals surface area contributed by atoms with Crippen molar-refractivity contribution in [1.82, 2.24) is 0 Å². The molecule has 0 nitrogen and oxygen atoms in total. The van der Waals surface area contributed by atoms with Gasteiger partial charge in [0.25, 0.3) is 0 Å². The van der Waals surface area contributed by atoms with Crippen molar-refractivity contribution in [2.75, 3.05) is 12.0 Å². The lowest BCUT2D eigenvalue weighted by atomic mass is 10.4. The predicted molar refractivity (Wildman–Crippen MR) is 110 cm³/mol. The molecule has 0 atom stereocenters. The summed E-state index contributed by atoms with van der Waals surface area (Å²) < 4.78 is 0. The van der Waals surface area contributed by atoms with Gasteiger partial charge in [-0.15, -0.1) is 11.6 Å². The van der Waals surface area contributed by atoms with Crippen molar-refractivity contribution in [3.05, 3.63) is 103 Å². The zero-order valence-corrected chi connectivity index (χ0v) is 15.2. The van der Waals surface area contributed by atoms with Gasteiger partial charge in [-0.1, -0.05) is 60.7 Å². The first kappa shape index (κ1) is 17.0. The molecule has 0 aliphatic heterocycles. The monoisotopic (exact) mass is 351 g/mol. The fourth-order valence-electron chi connectivity index (χ4n) is 3.11. The lowest BCUT2D eigenvalue weighted by Gasteiger charge is -2.26. The molecule has 0 aliphatic rings. The Balaban J connectivity index is 2.26. The van der Waals surface area contributed by atoms with Crippen LogP contribution < -0.4 is 15.9 Å². The number of allylic oxidation sites excluding steroid dienone is 2. The molecule has 0 unspecified atom stereocenters. The van der Waals surface area contributed by atoms with Gasteiger partial charge in [-0.25, -0.2) is 0 Å². The molecule has 0 saturated heterocycles. The molecule has 3 rings (SSSR count). The van der Waals surface area contributed by atoms with E-state index in [9.17, 15) is 0 Å². The van der Waals surface area contributed by atoms with E-state index in [0.717, 1.165) is 6.16 Å². The molecule has 0 fully saturated rings. The van der Waals surface area contributed by atoms with Gasteiger partial charge in [-0.2, -0.15) is 0 Å². The molecular weight excluding hydrogens is 331 g/mol. The van der Waals surface area contributed by atoms with Gasteiger partial charge in [0.2, 0.25) is 0 Å². The largest absolute Gasteiger partial charge is 0.122 e. The van der Waals surface area contributed by atoms with E-state index in [1.54, 1.807) is 0 Å². The number of benzene rings is 3. The second-order valence-electron chi connectivity index (χ2n) is 5.62. The van der Waals surface area contributed by atoms with Gasteiger partial charge in [-0.3, -0.25) is 0 Å².